The highest BCUT2D eigenvalue weighted by molar-refractivity contribution is 7.71. The zero-order valence-corrected chi connectivity index (χ0v) is 8.99. The molecule has 0 unspecified atom stereocenters. The highest BCUT2D eigenvalue weighted by Gasteiger charge is 2.11. The van der Waals surface area contributed by atoms with E-state index in [4.69, 9.17) is 12.2 Å². The molecule has 0 radical (unpaired) electrons. The molecule has 0 fully saturated rings. The van der Waals surface area contributed by atoms with Crippen LogP contribution in [0.1, 0.15) is 27.2 Å². The summed E-state index contributed by atoms with van der Waals surface area (Å²) in [5.74, 6) is 0. The van der Waals surface area contributed by atoms with Crippen LogP contribution in [0.5, 0.6) is 0 Å². The number of hydrogen-bond donors (Lipinski definition) is 2. The van der Waals surface area contributed by atoms with Gasteiger partial charge in [0, 0.05) is 6.54 Å². The third kappa shape index (κ3) is 2.84. The van der Waals surface area contributed by atoms with E-state index >= 15 is 0 Å². The molecular weight excluding hydrogens is 186 g/mol. The minimum absolute atomic E-state index is 0.158. The van der Waals surface area contributed by atoms with E-state index in [1.54, 1.807) is 4.57 Å². The molecule has 4 nitrogen and oxygen atoms in total. The van der Waals surface area contributed by atoms with Crippen molar-refractivity contribution in [2.45, 2.75) is 33.7 Å². The summed E-state index contributed by atoms with van der Waals surface area (Å²) in [5.41, 5.74) is 0.0626. The topological polar surface area (TPSA) is 53.6 Å². The van der Waals surface area contributed by atoms with Gasteiger partial charge in [0.2, 0.25) is 0 Å². The third-order valence-corrected chi connectivity index (χ3v) is 2.17. The molecule has 1 heterocycles. The van der Waals surface area contributed by atoms with Crippen LogP contribution in [-0.2, 0) is 6.54 Å². The fourth-order valence-electron chi connectivity index (χ4n) is 0.984. The number of nitrogens with zero attached hydrogens (tertiary/aromatic N) is 1. The molecule has 1 aromatic heterocycles. The second-order valence-corrected chi connectivity index (χ2v) is 4.71. The van der Waals surface area contributed by atoms with Crippen molar-refractivity contribution in [3.8, 4) is 0 Å². The van der Waals surface area contributed by atoms with E-state index in [2.05, 4.69) is 31.0 Å². The highest BCUT2D eigenvalue weighted by atomic mass is 32.1. The SMILES string of the molecule is CC(C)(C)CCn1c(=O)[nH][nH]c1=S. The van der Waals surface area contributed by atoms with E-state index in [0.29, 0.717) is 11.3 Å². The Bertz CT molecular complexity index is 352. The Labute approximate surface area is 82.0 Å². The summed E-state index contributed by atoms with van der Waals surface area (Å²) in [4.78, 5) is 11.2. The highest BCUT2D eigenvalue weighted by Crippen LogP contribution is 2.18. The Morgan fingerprint density at radius 3 is 2.38 bits per heavy atom. The summed E-state index contributed by atoms with van der Waals surface area (Å²) >= 11 is 4.94. The van der Waals surface area contributed by atoms with Crippen LogP contribution < -0.4 is 5.69 Å². The summed E-state index contributed by atoms with van der Waals surface area (Å²) < 4.78 is 2.01. The number of aromatic nitrogens is 3. The molecule has 0 spiro atoms. The molecule has 74 valence electrons. The minimum atomic E-state index is -0.158. The summed E-state index contributed by atoms with van der Waals surface area (Å²) in [5, 5.41) is 5.06. The predicted octanol–water partition coefficient (Wildman–Crippen LogP) is 1.67. The lowest BCUT2D eigenvalue weighted by Crippen LogP contribution is -2.20. The van der Waals surface area contributed by atoms with Crippen LogP contribution in [0.25, 0.3) is 0 Å². The van der Waals surface area contributed by atoms with Gasteiger partial charge in [0.25, 0.3) is 0 Å². The largest absolute Gasteiger partial charge is 0.342 e. The van der Waals surface area contributed by atoms with Crippen molar-refractivity contribution >= 4 is 12.2 Å². The van der Waals surface area contributed by atoms with Gasteiger partial charge in [-0.15, -0.1) is 0 Å². The van der Waals surface area contributed by atoms with Gasteiger partial charge in [-0.2, -0.15) is 0 Å². The molecule has 0 aliphatic carbocycles. The van der Waals surface area contributed by atoms with Crippen molar-refractivity contribution in [1.29, 1.82) is 0 Å². The zero-order chi connectivity index (χ0) is 10.1. The van der Waals surface area contributed by atoms with E-state index in [0.717, 1.165) is 6.42 Å². The average Bonchev–Trinajstić information content (AvgIpc) is 2.27. The molecule has 0 aliphatic rings. The van der Waals surface area contributed by atoms with E-state index in [9.17, 15) is 4.79 Å². The maximum atomic E-state index is 11.2. The molecule has 5 heteroatoms. The second kappa shape index (κ2) is 3.49. The van der Waals surface area contributed by atoms with Crippen LogP contribution in [0.2, 0.25) is 0 Å². The molecule has 0 aliphatic heterocycles. The Morgan fingerprint density at radius 1 is 1.38 bits per heavy atom. The summed E-state index contributed by atoms with van der Waals surface area (Å²) in [7, 11) is 0. The van der Waals surface area contributed by atoms with Crippen molar-refractivity contribution in [3.63, 3.8) is 0 Å². The number of aromatic amines is 2. The molecule has 2 N–H and O–H groups in total. The third-order valence-electron chi connectivity index (χ3n) is 1.85. The monoisotopic (exact) mass is 201 g/mol. The average molecular weight is 201 g/mol. The van der Waals surface area contributed by atoms with Gasteiger partial charge in [0.15, 0.2) is 4.77 Å². The Kier molecular flexibility index (Phi) is 2.75. The standard InChI is InChI=1S/C8H15N3OS/c1-8(2,3)4-5-11-6(12)9-10-7(11)13/h4-5H2,1-3H3,(H,9,12)(H,10,13). The number of hydrogen-bond acceptors (Lipinski definition) is 2. The van der Waals surface area contributed by atoms with Crippen LogP contribution in [0.3, 0.4) is 0 Å². The van der Waals surface area contributed by atoms with Crippen molar-refractivity contribution in [3.05, 3.63) is 15.3 Å². The van der Waals surface area contributed by atoms with Crippen LogP contribution >= 0.6 is 12.2 Å². The Hall–Kier alpha value is -0.840. The van der Waals surface area contributed by atoms with Gasteiger partial charge in [0.05, 0.1) is 0 Å². The van der Waals surface area contributed by atoms with Crippen LogP contribution in [0.4, 0.5) is 0 Å². The molecule has 0 saturated carbocycles. The van der Waals surface area contributed by atoms with Gasteiger partial charge in [-0.05, 0) is 24.1 Å². The van der Waals surface area contributed by atoms with Gasteiger partial charge >= 0.3 is 5.69 Å². The smallest absolute Gasteiger partial charge is 0.272 e. The molecule has 0 saturated heterocycles. The van der Waals surface area contributed by atoms with E-state index < -0.39 is 0 Å². The maximum Gasteiger partial charge on any atom is 0.342 e. The van der Waals surface area contributed by atoms with Crippen LogP contribution in [-0.4, -0.2) is 14.8 Å². The molecule has 0 aromatic carbocycles. The first-order valence-corrected chi connectivity index (χ1v) is 4.68. The molecule has 0 bridgehead atoms. The fourth-order valence-corrected chi connectivity index (χ4v) is 1.21. The van der Waals surface area contributed by atoms with Crippen molar-refractivity contribution in [2.24, 2.45) is 5.41 Å². The first-order valence-electron chi connectivity index (χ1n) is 4.28. The lowest BCUT2D eigenvalue weighted by Gasteiger charge is -2.17. The first kappa shape index (κ1) is 10.2. The molecular formula is C8H15N3OS. The molecule has 1 rings (SSSR count). The van der Waals surface area contributed by atoms with E-state index in [-0.39, 0.29) is 11.1 Å². The summed E-state index contributed by atoms with van der Waals surface area (Å²) in [6.45, 7) is 7.08. The van der Waals surface area contributed by atoms with Crippen LogP contribution in [0.15, 0.2) is 4.79 Å². The number of nitrogens with one attached hydrogen (secondary N) is 2. The quantitative estimate of drug-likeness (QED) is 0.715. The lowest BCUT2D eigenvalue weighted by molar-refractivity contribution is 0.347. The number of rotatable bonds is 2. The normalized spacial score (nSPS) is 11.9. The maximum absolute atomic E-state index is 11.2. The predicted molar refractivity (Wildman–Crippen MR) is 54.3 cm³/mol. The summed E-state index contributed by atoms with van der Waals surface area (Å²) in [6, 6.07) is 0. The van der Waals surface area contributed by atoms with Crippen LogP contribution in [0, 0.1) is 10.2 Å². The zero-order valence-electron chi connectivity index (χ0n) is 8.18. The minimum Gasteiger partial charge on any atom is -0.272 e. The van der Waals surface area contributed by atoms with Gasteiger partial charge in [-0.1, -0.05) is 20.8 Å². The first-order chi connectivity index (χ1) is 5.90. The van der Waals surface area contributed by atoms with Crippen molar-refractivity contribution in [1.82, 2.24) is 14.8 Å². The number of H-pyrrole nitrogens is 2. The van der Waals surface area contributed by atoms with E-state index in [1.165, 1.54) is 0 Å². The lowest BCUT2D eigenvalue weighted by atomic mass is 9.92. The van der Waals surface area contributed by atoms with Gasteiger partial charge in [-0.25, -0.2) is 9.89 Å². The molecule has 13 heavy (non-hydrogen) atoms. The Balaban J connectivity index is 2.76. The molecule has 1 aromatic rings. The van der Waals surface area contributed by atoms with Gasteiger partial charge in [-0.3, -0.25) is 9.67 Å². The second-order valence-electron chi connectivity index (χ2n) is 4.32. The van der Waals surface area contributed by atoms with Gasteiger partial charge < -0.3 is 0 Å². The van der Waals surface area contributed by atoms with Crippen molar-refractivity contribution < 1.29 is 0 Å². The fraction of sp³-hybridized carbons (Fsp3) is 0.750. The molecule has 0 atom stereocenters. The van der Waals surface area contributed by atoms with Gasteiger partial charge in [0.1, 0.15) is 0 Å². The van der Waals surface area contributed by atoms with Crippen molar-refractivity contribution in [2.75, 3.05) is 0 Å². The summed E-state index contributed by atoms with van der Waals surface area (Å²) in [6.07, 6.45) is 0.933. The molecule has 0 amide bonds. The van der Waals surface area contributed by atoms with E-state index in [1.807, 2.05) is 0 Å². The Morgan fingerprint density at radius 2 is 2.00 bits per heavy atom.